The fraction of sp³-hybridized carbons (Fsp3) is 1.00. The lowest BCUT2D eigenvalue weighted by Crippen LogP contribution is -2.30. The highest BCUT2D eigenvalue weighted by Gasteiger charge is 1.96. The van der Waals surface area contributed by atoms with Gasteiger partial charge >= 0.3 is 16.6 Å². The zero-order valence-electron chi connectivity index (χ0n) is 8.13. The van der Waals surface area contributed by atoms with Crippen molar-refractivity contribution < 1.29 is 3.79 Å². The molecular formula is C7H19AlN2O. The first kappa shape index (κ1) is 11.4. The molecule has 0 radical (unpaired) electrons. The van der Waals surface area contributed by atoms with Gasteiger partial charge in [0.1, 0.15) is 0 Å². The molecule has 0 saturated heterocycles. The van der Waals surface area contributed by atoms with Crippen molar-refractivity contribution in [2.24, 2.45) is 0 Å². The third kappa shape index (κ3) is 8.32. The van der Waals surface area contributed by atoms with E-state index in [4.69, 9.17) is 3.79 Å². The van der Waals surface area contributed by atoms with Crippen LogP contribution in [0.3, 0.4) is 0 Å². The molecule has 0 atom stereocenters. The fourth-order valence-electron chi connectivity index (χ4n) is 0.730. The minimum Gasteiger partial charge on any atom is -0.505 e. The van der Waals surface area contributed by atoms with E-state index >= 15 is 0 Å². The van der Waals surface area contributed by atoms with E-state index in [9.17, 15) is 0 Å². The van der Waals surface area contributed by atoms with Gasteiger partial charge in [-0.15, -0.1) is 0 Å². The molecule has 0 aliphatic rings. The Balaban J connectivity index is 3.15. The van der Waals surface area contributed by atoms with Gasteiger partial charge in [-0.25, -0.2) is 0 Å². The molecular weight excluding hydrogens is 155 g/mol. The number of hydrogen-bond acceptors (Lipinski definition) is 3. The highest BCUT2D eigenvalue weighted by Crippen LogP contribution is 1.83. The van der Waals surface area contributed by atoms with Gasteiger partial charge in [0.25, 0.3) is 0 Å². The van der Waals surface area contributed by atoms with Gasteiger partial charge in [0, 0.05) is 26.2 Å². The Morgan fingerprint density at radius 1 is 1.09 bits per heavy atom. The van der Waals surface area contributed by atoms with Crippen molar-refractivity contribution in [3.8, 4) is 0 Å². The van der Waals surface area contributed by atoms with Crippen LogP contribution in [0, 0.1) is 0 Å². The zero-order valence-corrected chi connectivity index (χ0v) is 10.1. The first-order valence-corrected chi connectivity index (χ1v) is 4.80. The molecule has 0 rings (SSSR count). The number of hydrogen-bond donors (Lipinski definition) is 0. The molecule has 66 valence electrons. The minimum absolute atomic E-state index is 0.858. The van der Waals surface area contributed by atoms with Gasteiger partial charge in [-0.05, 0) is 21.1 Å². The SMILES string of the molecule is CN(C)CCN(C)CC[O][AlH2]. The highest BCUT2D eigenvalue weighted by molar-refractivity contribution is 5.97. The summed E-state index contributed by atoms with van der Waals surface area (Å²) in [4.78, 5) is 4.48. The predicted octanol–water partition coefficient (Wildman–Crippen LogP) is -0.955. The summed E-state index contributed by atoms with van der Waals surface area (Å²) < 4.78 is 5.10. The van der Waals surface area contributed by atoms with Crippen LogP contribution in [-0.2, 0) is 3.79 Å². The van der Waals surface area contributed by atoms with E-state index in [1.807, 2.05) is 0 Å². The largest absolute Gasteiger partial charge is 0.505 e. The quantitative estimate of drug-likeness (QED) is 0.483. The van der Waals surface area contributed by atoms with Crippen molar-refractivity contribution in [1.82, 2.24) is 9.80 Å². The summed E-state index contributed by atoms with van der Waals surface area (Å²) in [6, 6.07) is 0. The fourth-order valence-corrected chi connectivity index (χ4v) is 0.912. The molecule has 0 bridgehead atoms. The van der Waals surface area contributed by atoms with Crippen molar-refractivity contribution in [3.05, 3.63) is 0 Å². The smallest absolute Gasteiger partial charge is 0.410 e. The summed E-state index contributed by atoms with van der Waals surface area (Å²) in [7, 11) is 6.32. The molecule has 0 amide bonds. The van der Waals surface area contributed by atoms with Crippen LogP contribution in [0.2, 0.25) is 0 Å². The molecule has 0 aromatic rings. The van der Waals surface area contributed by atoms with Crippen molar-refractivity contribution in [2.75, 3.05) is 47.4 Å². The molecule has 0 spiro atoms. The normalized spacial score (nSPS) is 11.4. The maximum atomic E-state index is 5.10. The second kappa shape index (κ2) is 7.08. The lowest BCUT2D eigenvalue weighted by Gasteiger charge is -2.18. The van der Waals surface area contributed by atoms with Crippen LogP contribution in [0.4, 0.5) is 0 Å². The molecule has 3 nitrogen and oxygen atoms in total. The summed E-state index contributed by atoms with van der Waals surface area (Å²) in [5, 5.41) is 0. The lowest BCUT2D eigenvalue weighted by molar-refractivity contribution is 0.231. The van der Waals surface area contributed by atoms with Crippen LogP contribution in [0.5, 0.6) is 0 Å². The Kier molecular flexibility index (Phi) is 7.35. The summed E-state index contributed by atoms with van der Waals surface area (Å²) in [5.74, 6) is 0. The maximum Gasteiger partial charge on any atom is 0.410 e. The minimum atomic E-state index is 0.858. The molecule has 4 heteroatoms. The monoisotopic (exact) mass is 174 g/mol. The Morgan fingerprint density at radius 3 is 2.18 bits per heavy atom. The maximum absolute atomic E-state index is 5.10. The molecule has 0 fully saturated rings. The topological polar surface area (TPSA) is 15.7 Å². The van der Waals surface area contributed by atoms with Crippen LogP contribution in [0.25, 0.3) is 0 Å². The van der Waals surface area contributed by atoms with E-state index in [2.05, 4.69) is 30.9 Å². The number of likely N-dealkylation sites (N-methyl/N-ethyl adjacent to an activating group) is 2. The number of rotatable bonds is 6. The van der Waals surface area contributed by atoms with E-state index in [-0.39, 0.29) is 0 Å². The van der Waals surface area contributed by atoms with Gasteiger partial charge in [0.15, 0.2) is 0 Å². The van der Waals surface area contributed by atoms with Crippen LogP contribution < -0.4 is 0 Å². The molecule has 0 aliphatic heterocycles. The molecule has 0 aliphatic carbocycles. The molecule has 0 heterocycles. The summed E-state index contributed by atoms with van der Waals surface area (Å²) >= 11 is 0.858. The third-order valence-electron chi connectivity index (χ3n) is 1.61. The highest BCUT2D eigenvalue weighted by atomic mass is 27.1. The van der Waals surface area contributed by atoms with Crippen LogP contribution in [-0.4, -0.2) is 73.8 Å². The molecule has 0 aromatic heterocycles. The van der Waals surface area contributed by atoms with Crippen molar-refractivity contribution >= 4 is 16.6 Å². The van der Waals surface area contributed by atoms with Gasteiger partial charge in [-0.3, -0.25) is 0 Å². The zero-order chi connectivity index (χ0) is 8.69. The molecule has 0 N–H and O–H groups in total. The first-order valence-electron chi connectivity index (χ1n) is 3.99. The van der Waals surface area contributed by atoms with Crippen LogP contribution in [0.1, 0.15) is 0 Å². The summed E-state index contributed by atoms with van der Waals surface area (Å²) in [6.07, 6.45) is 0. The van der Waals surface area contributed by atoms with Crippen molar-refractivity contribution in [2.45, 2.75) is 0 Å². The predicted molar refractivity (Wildman–Crippen MR) is 50.5 cm³/mol. The first-order chi connectivity index (χ1) is 5.16. The Morgan fingerprint density at radius 2 is 1.73 bits per heavy atom. The van der Waals surface area contributed by atoms with E-state index < -0.39 is 0 Å². The summed E-state index contributed by atoms with van der Waals surface area (Å²) in [5.41, 5.74) is 0. The number of nitrogens with zero attached hydrogens (tertiary/aromatic N) is 2. The van der Waals surface area contributed by atoms with E-state index in [1.165, 1.54) is 0 Å². The second-order valence-electron chi connectivity index (χ2n) is 3.10. The molecule has 11 heavy (non-hydrogen) atoms. The second-order valence-corrected chi connectivity index (χ2v) is 3.68. The average Bonchev–Trinajstić information content (AvgIpc) is 1.97. The molecule has 0 aromatic carbocycles. The van der Waals surface area contributed by atoms with Crippen LogP contribution >= 0.6 is 0 Å². The Labute approximate surface area is 78.1 Å². The third-order valence-corrected chi connectivity index (χ3v) is 2.01. The Bertz CT molecular complexity index is 90.5. The standard InChI is InChI=1S/C7H17N2O.Al.2H/c1-8(2)4-5-9(3)6-7-10;;;/h4-7H2,1-3H3;;;/q-1;+1;;. The van der Waals surface area contributed by atoms with Crippen molar-refractivity contribution in [3.63, 3.8) is 0 Å². The van der Waals surface area contributed by atoms with E-state index in [0.717, 1.165) is 42.9 Å². The van der Waals surface area contributed by atoms with Gasteiger partial charge in [0.05, 0.1) is 0 Å². The van der Waals surface area contributed by atoms with Gasteiger partial charge < -0.3 is 13.6 Å². The Hall–Kier alpha value is 0.412. The van der Waals surface area contributed by atoms with Gasteiger partial charge in [-0.1, -0.05) is 0 Å². The van der Waals surface area contributed by atoms with Gasteiger partial charge in [-0.2, -0.15) is 0 Å². The average molecular weight is 174 g/mol. The molecule has 0 unspecified atom stereocenters. The molecule has 0 saturated carbocycles. The van der Waals surface area contributed by atoms with Crippen molar-refractivity contribution in [1.29, 1.82) is 0 Å². The van der Waals surface area contributed by atoms with E-state index in [0.29, 0.717) is 0 Å². The van der Waals surface area contributed by atoms with Crippen LogP contribution in [0.15, 0.2) is 0 Å². The van der Waals surface area contributed by atoms with Gasteiger partial charge in [0.2, 0.25) is 0 Å². The lowest BCUT2D eigenvalue weighted by atomic mass is 10.5. The van der Waals surface area contributed by atoms with E-state index in [1.54, 1.807) is 0 Å². The summed E-state index contributed by atoms with van der Waals surface area (Å²) in [6.45, 7) is 4.18.